The van der Waals surface area contributed by atoms with Crippen LogP contribution in [0.25, 0.3) is 0 Å². The van der Waals surface area contributed by atoms with Crippen LogP contribution in [-0.4, -0.2) is 40.6 Å². The highest BCUT2D eigenvalue weighted by Gasteiger charge is 2.16. The molecule has 1 aromatic rings. The van der Waals surface area contributed by atoms with Gasteiger partial charge in [0, 0.05) is 31.2 Å². The van der Waals surface area contributed by atoms with Crippen LogP contribution in [0, 0.1) is 0 Å². The van der Waals surface area contributed by atoms with Crippen molar-refractivity contribution in [1.82, 2.24) is 15.4 Å². The lowest BCUT2D eigenvalue weighted by Gasteiger charge is -2.17. The second kappa shape index (κ2) is 8.52. The highest BCUT2D eigenvalue weighted by atomic mass is 35.5. The first-order valence-electron chi connectivity index (χ1n) is 7.74. The van der Waals surface area contributed by atoms with Gasteiger partial charge in [-0.1, -0.05) is 30.5 Å². The van der Waals surface area contributed by atoms with Crippen LogP contribution in [0.4, 0.5) is 0 Å². The molecule has 1 aliphatic rings. The fourth-order valence-electron chi connectivity index (χ4n) is 2.54. The fourth-order valence-corrected chi connectivity index (χ4v) is 3.87. The smallest absolute Gasteiger partial charge is 0.240 e. The summed E-state index contributed by atoms with van der Waals surface area (Å²) in [5, 5.41) is 6.86. The van der Waals surface area contributed by atoms with Crippen molar-refractivity contribution in [3.8, 4) is 0 Å². The summed E-state index contributed by atoms with van der Waals surface area (Å²) in [7, 11) is -1.84. The van der Waals surface area contributed by atoms with Crippen molar-refractivity contribution in [3.05, 3.63) is 29.3 Å². The molecular weight excluding hydrogens is 336 g/mol. The Kier molecular flexibility index (Phi) is 6.68. The normalized spacial score (nSPS) is 16.5. The van der Waals surface area contributed by atoms with Crippen molar-refractivity contribution >= 4 is 27.6 Å². The van der Waals surface area contributed by atoms with E-state index in [-0.39, 0.29) is 11.4 Å². The molecule has 8 heteroatoms. The molecule has 0 amide bonds. The Morgan fingerprint density at radius 2 is 2.04 bits per heavy atom. The minimum Gasteiger partial charge on any atom is -0.355 e. The quantitative estimate of drug-likeness (QED) is 0.411. The second-order valence-electron chi connectivity index (χ2n) is 5.48. The number of halogens is 1. The molecule has 6 nitrogen and oxygen atoms in total. The summed E-state index contributed by atoms with van der Waals surface area (Å²) >= 11 is 5.82. The molecule has 0 radical (unpaired) electrons. The van der Waals surface area contributed by atoms with E-state index in [1.807, 2.05) is 0 Å². The minimum atomic E-state index is -3.54. The molecule has 0 unspecified atom stereocenters. The summed E-state index contributed by atoms with van der Waals surface area (Å²) < 4.78 is 26.8. The molecule has 1 aromatic carbocycles. The first-order valence-corrected chi connectivity index (χ1v) is 9.60. The zero-order valence-corrected chi connectivity index (χ0v) is 14.8. The third kappa shape index (κ3) is 5.67. The van der Waals surface area contributed by atoms with Gasteiger partial charge in [-0.15, -0.1) is 0 Å². The van der Waals surface area contributed by atoms with Crippen LogP contribution in [0.1, 0.15) is 25.7 Å². The van der Waals surface area contributed by atoms with Crippen molar-refractivity contribution in [2.45, 2.75) is 36.6 Å². The van der Waals surface area contributed by atoms with Crippen LogP contribution in [0.5, 0.6) is 0 Å². The number of rotatable bonds is 6. The molecular formula is C15H23ClN4O2S. The molecule has 2 rings (SSSR count). The number of aliphatic imine (C=N–C) groups is 1. The summed E-state index contributed by atoms with van der Waals surface area (Å²) in [5.41, 5.74) is 0. The molecule has 1 saturated carbocycles. The van der Waals surface area contributed by atoms with Crippen LogP contribution in [0.2, 0.25) is 5.02 Å². The van der Waals surface area contributed by atoms with Gasteiger partial charge in [-0.2, -0.15) is 0 Å². The van der Waals surface area contributed by atoms with Crippen molar-refractivity contribution in [3.63, 3.8) is 0 Å². The second-order valence-corrected chi connectivity index (χ2v) is 7.68. The van der Waals surface area contributed by atoms with Crippen LogP contribution >= 0.6 is 11.6 Å². The SMILES string of the molecule is CN=C(NCCNS(=O)(=O)c1cccc(Cl)c1)NC1CCCC1. The molecule has 0 bridgehead atoms. The van der Waals surface area contributed by atoms with Crippen LogP contribution in [-0.2, 0) is 10.0 Å². The van der Waals surface area contributed by atoms with Gasteiger partial charge in [-0.05, 0) is 31.0 Å². The zero-order chi connectivity index (χ0) is 16.7. The number of nitrogens with one attached hydrogen (secondary N) is 3. The van der Waals surface area contributed by atoms with Crippen LogP contribution in [0.3, 0.4) is 0 Å². The van der Waals surface area contributed by atoms with Gasteiger partial charge in [0.2, 0.25) is 10.0 Å². The molecule has 3 N–H and O–H groups in total. The topological polar surface area (TPSA) is 82.6 Å². The average molecular weight is 359 g/mol. The Morgan fingerprint density at radius 3 is 2.70 bits per heavy atom. The Balaban J connectivity index is 1.77. The van der Waals surface area contributed by atoms with Crippen molar-refractivity contribution in [2.75, 3.05) is 20.1 Å². The Bertz CT molecular complexity index is 643. The van der Waals surface area contributed by atoms with Crippen molar-refractivity contribution in [2.24, 2.45) is 4.99 Å². The Labute approximate surface area is 142 Å². The summed E-state index contributed by atoms with van der Waals surface area (Å²) in [4.78, 5) is 4.32. The summed E-state index contributed by atoms with van der Waals surface area (Å²) in [6, 6.07) is 6.66. The largest absolute Gasteiger partial charge is 0.355 e. The van der Waals surface area contributed by atoms with Crippen molar-refractivity contribution in [1.29, 1.82) is 0 Å². The first kappa shape index (κ1) is 18.0. The number of benzene rings is 1. The number of sulfonamides is 1. The van der Waals surface area contributed by atoms with Crippen LogP contribution in [0.15, 0.2) is 34.2 Å². The molecule has 0 aliphatic heterocycles. The van der Waals surface area contributed by atoms with E-state index in [1.54, 1.807) is 19.2 Å². The lowest BCUT2D eigenvalue weighted by Crippen LogP contribution is -2.44. The van der Waals surface area contributed by atoms with Gasteiger partial charge in [-0.25, -0.2) is 13.1 Å². The standard InChI is InChI=1S/C15H23ClN4O2S/c1-17-15(20-13-6-2-3-7-13)18-9-10-19-23(21,22)14-8-4-5-12(16)11-14/h4-5,8,11,13,19H,2-3,6-7,9-10H2,1H3,(H2,17,18,20). The van der Waals surface area contributed by atoms with E-state index in [0.29, 0.717) is 23.6 Å². The van der Waals surface area contributed by atoms with Gasteiger partial charge in [0.05, 0.1) is 4.90 Å². The van der Waals surface area contributed by atoms with E-state index in [1.165, 1.54) is 25.0 Å². The Morgan fingerprint density at radius 1 is 1.30 bits per heavy atom. The maximum absolute atomic E-state index is 12.1. The third-order valence-electron chi connectivity index (χ3n) is 3.74. The zero-order valence-electron chi connectivity index (χ0n) is 13.2. The molecule has 0 heterocycles. The first-order chi connectivity index (χ1) is 11.0. The van der Waals surface area contributed by atoms with Crippen LogP contribution < -0.4 is 15.4 Å². The lowest BCUT2D eigenvalue weighted by atomic mass is 10.2. The predicted molar refractivity (Wildman–Crippen MR) is 93.4 cm³/mol. The van der Waals surface area contributed by atoms with E-state index >= 15 is 0 Å². The van der Waals surface area contributed by atoms with E-state index in [2.05, 4.69) is 20.3 Å². The number of hydrogen-bond acceptors (Lipinski definition) is 3. The molecule has 1 fully saturated rings. The van der Waals surface area contributed by atoms with Gasteiger partial charge in [0.25, 0.3) is 0 Å². The summed E-state index contributed by atoms with van der Waals surface area (Å²) in [6.07, 6.45) is 4.80. The van der Waals surface area contributed by atoms with E-state index in [0.717, 1.165) is 12.8 Å². The van der Waals surface area contributed by atoms with Gasteiger partial charge < -0.3 is 10.6 Å². The molecule has 128 valence electrons. The maximum atomic E-state index is 12.1. The Hall–Kier alpha value is -1.31. The molecule has 23 heavy (non-hydrogen) atoms. The van der Waals surface area contributed by atoms with Gasteiger partial charge in [-0.3, -0.25) is 4.99 Å². The molecule has 0 saturated heterocycles. The van der Waals surface area contributed by atoms with Crippen molar-refractivity contribution < 1.29 is 8.42 Å². The summed E-state index contributed by atoms with van der Waals surface area (Å²) in [6.45, 7) is 0.715. The van der Waals surface area contributed by atoms with E-state index in [4.69, 9.17) is 11.6 Å². The van der Waals surface area contributed by atoms with Gasteiger partial charge >= 0.3 is 0 Å². The lowest BCUT2D eigenvalue weighted by molar-refractivity contribution is 0.578. The third-order valence-corrected chi connectivity index (χ3v) is 5.43. The maximum Gasteiger partial charge on any atom is 0.240 e. The monoisotopic (exact) mass is 358 g/mol. The average Bonchev–Trinajstić information content (AvgIpc) is 3.03. The van der Waals surface area contributed by atoms with Gasteiger partial charge in [0.1, 0.15) is 0 Å². The number of guanidine groups is 1. The highest BCUT2D eigenvalue weighted by molar-refractivity contribution is 7.89. The number of nitrogens with zero attached hydrogens (tertiary/aromatic N) is 1. The highest BCUT2D eigenvalue weighted by Crippen LogP contribution is 2.17. The minimum absolute atomic E-state index is 0.165. The van der Waals surface area contributed by atoms with E-state index in [9.17, 15) is 8.42 Å². The molecule has 0 spiro atoms. The number of hydrogen-bond donors (Lipinski definition) is 3. The van der Waals surface area contributed by atoms with Gasteiger partial charge in [0.15, 0.2) is 5.96 Å². The molecule has 0 aromatic heterocycles. The molecule has 1 aliphatic carbocycles. The predicted octanol–water partition coefficient (Wildman–Crippen LogP) is 1.73. The fraction of sp³-hybridized carbons (Fsp3) is 0.533. The molecule has 0 atom stereocenters. The summed E-state index contributed by atoms with van der Waals surface area (Å²) in [5.74, 6) is 0.707. The van der Waals surface area contributed by atoms with E-state index < -0.39 is 10.0 Å².